The van der Waals surface area contributed by atoms with Crippen LogP contribution in [0.1, 0.15) is 31.4 Å². The highest BCUT2D eigenvalue weighted by Crippen LogP contribution is 2.20. The van der Waals surface area contributed by atoms with E-state index in [1.165, 1.54) is 6.07 Å². The van der Waals surface area contributed by atoms with Crippen molar-refractivity contribution in [3.05, 3.63) is 29.6 Å². The number of unbranched alkanes of at least 4 members (excludes halogenated alkanes) is 1. The third kappa shape index (κ3) is 4.71. The minimum Gasteiger partial charge on any atom is -0.493 e. The van der Waals surface area contributed by atoms with Crippen LogP contribution < -0.4 is 10.5 Å². The standard InChI is InChI=1S/C13H20FNO2/c1-10(15)12-6-5-11(9-13(12)14)17-8-4-3-7-16-2/h5-6,9-10H,3-4,7-8,15H2,1-2H3. The van der Waals surface area contributed by atoms with Gasteiger partial charge < -0.3 is 15.2 Å². The van der Waals surface area contributed by atoms with Gasteiger partial charge in [0, 0.05) is 31.4 Å². The maximum Gasteiger partial charge on any atom is 0.131 e. The van der Waals surface area contributed by atoms with Crippen molar-refractivity contribution >= 4 is 0 Å². The fraction of sp³-hybridized carbons (Fsp3) is 0.538. The molecular formula is C13H20FNO2. The molecule has 1 aromatic rings. The summed E-state index contributed by atoms with van der Waals surface area (Å²) < 4.78 is 23.9. The molecule has 0 aliphatic carbocycles. The van der Waals surface area contributed by atoms with Crippen molar-refractivity contribution < 1.29 is 13.9 Å². The zero-order valence-electron chi connectivity index (χ0n) is 10.4. The first kappa shape index (κ1) is 13.9. The van der Waals surface area contributed by atoms with E-state index in [0.717, 1.165) is 19.4 Å². The second kappa shape index (κ2) is 7.25. The van der Waals surface area contributed by atoms with Crippen molar-refractivity contribution in [1.29, 1.82) is 0 Å². The minimum absolute atomic E-state index is 0.300. The average Bonchev–Trinajstić information content (AvgIpc) is 2.28. The van der Waals surface area contributed by atoms with Gasteiger partial charge in [0.15, 0.2) is 0 Å². The monoisotopic (exact) mass is 241 g/mol. The van der Waals surface area contributed by atoms with E-state index in [4.69, 9.17) is 15.2 Å². The Balaban J connectivity index is 2.42. The van der Waals surface area contributed by atoms with E-state index >= 15 is 0 Å². The van der Waals surface area contributed by atoms with Crippen molar-refractivity contribution in [2.24, 2.45) is 5.73 Å². The normalized spacial score (nSPS) is 12.5. The second-order valence-corrected chi connectivity index (χ2v) is 4.02. The maximum atomic E-state index is 13.6. The summed E-state index contributed by atoms with van der Waals surface area (Å²) in [5, 5.41) is 0. The molecule has 0 saturated carbocycles. The van der Waals surface area contributed by atoms with Gasteiger partial charge in [0.2, 0.25) is 0 Å². The van der Waals surface area contributed by atoms with Crippen molar-refractivity contribution in [2.75, 3.05) is 20.3 Å². The second-order valence-electron chi connectivity index (χ2n) is 4.02. The molecule has 0 saturated heterocycles. The molecule has 0 bridgehead atoms. The molecule has 4 heteroatoms. The predicted molar refractivity (Wildman–Crippen MR) is 65.6 cm³/mol. The average molecular weight is 241 g/mol. The van der Waals surface area contributed by atoms with Crippen molar-refractivity contribution in [2.45, 2.75) is 25.8 Å². The third-order valence-electron chi connectivity index (χ3n) is 2.47. The fourth-order valence-corrected chi connectivity index (χ4v) is 1.51. The number of methoxy groups -OCH3 is 1. The van der Waals surface area contributed by atoms with Gasteiger partial charge in [-0.25, -0.2) is 4.39 Å². The first-order valence-corrected chi connectivity index (χ1v) is 5.82. The van der Waals surface area contributed by atoms with E-state index in [0.29, 0.717) is 17.9 Å². The number of ether oxygens (including phenoxy) is 2. The lowest BCUT2D eigenvalue weighted by Gasteiger charge is -2.10. The molecule has 0 radical (unpaired) electrons. The number of benzene rings is 1. The fourth-order valence-electron chi connectivity index (χ4n) is 1.51. The lowest BCUT2D eigenvalue weighted by molar-refractivity contribution is 0.184. The maximum absolute atomic E-state index is 13.6. The van der Waals surface area contributed by atoms with Gasteiger partial charge in [0.05, 0.1) is 6.61 Å². The summed E-state index contributed by atoms with van der Waals surface area (Å²) in [6.45, 7) is 3.05. The van der Waals surface area contributed by atoms with Gasteiger partial charge in [-0.2, -0.15) is 0 Å². The van der Waals surface area contributed by atoms with E-state index in [-0.39, 0.29) is 11.9 Å². The van der Waals surface area contributed by atoms with E-state index in [9.17, 15) is 4.39 Å². The number of hydrogen-bond acceptors (Lipinski definition) is 3. The molecular weight excluding hydrogens is 221 g/mol. The van der Waals surface area contributed by atoms with Crippen LogP contribution in [-0.4, -0.2) is 20.3 Å². The molecule has 0 spiro atoms. The lowest BCUT2D eigenvalue weighted by Crippen LogP contribution is -2.07. The molecule has 0 amide bonds. The topological polar surface area (TPSA) is 44.5 Å². The lowest BCUT2D eigenvalue weighted by atomic mass is 10.1. The highest BCUT2D eigenvalue weighted by atomic mass is 19.1. The van der Waals surface area contributed by atoms with Crippen molar-refractivity contribution in [1.82, 2.24) is 0 Å². The molecule has 1 unspecified atom stereocenters. The Labute approximate surface area is 102 Å². The first-order chi connectivity index (χ1) is 8.15. The largest absolute Gasteiger partial charge is 0.493 e. The molecule has 0 heterocycles. The SMILES string of the molecule is COCCCCOc1ccc(C(C)N)c(F)c1. The van der Waals surface area contributed by atoms with Crippen LogP contribution in [0.25, 0.3) is 0 Å². The first-order valence-electron chi connectivity index (χ1n) is 5.82. The summed E-state index contributed by atoms with van der Waals surface area (Å²) in [5.74, 6) is 0.235. The molecule has 96 valence electrons. The summed E-state index contributed by atoms with van der Waals surface area (Å²) in [4.78, 5) is 0. The molecule has 1 rings (SSSR count). The summed E-state index contributed by atoms with van der Waals surface area (Å²) in [6.07, 6.45) is 1.83. The molecule has 0 aromatic heterocycles. The zero-order valence-corrected chi connectivity index (χ0v) is 10.4. The summed E-state index contributed by atoms with van der Waals surface area (Å²) in [5.41, 5.74) is 6.14. The zero-order chi connectivity index (χ0) is 12.7. The molecule has 2 N–H and O–H groups in total. The Bertz CT molecular complexity index is 342. The Morgan fingerprint density at radius 2 is 2.00 bits per heavy atom. The van der Waals surface area contributed by atoms with Gasteiger partial charge in [-0.15, -0.1) is 0 Å². The Morgan fingerprint density at radius 1 is 1.29 bits per heavy atom. The summed E-state index contributed by atoms with van der Waals surface area (Å²) in [6, 6.07) is 4.50. The third-order valence-corrected chi connectivity index (χ3v) is 2.47. The van der Waals surface area contributed by atoms with Gasteiger partial charge in [-0.1, -0.05) is 6.07 Å². The van der Waals surface area contributed by atoms with Gasteiger partial charge in [-0.05, 0) is 25.8 Å². The van der Waals surface area contributed by atoms with Gasteiger partial charge >= 0.3 is 0 Å². The van der Waals surface area contributed by atoms with E-state index < -0.39 is 0 Å². The quantitative estimate of drug-likeness (QED) is 0.746. The van der Waals surface area contributed by atoms with E-state index in [1.807, 2.05) is 0 Å². The Hall–Kier alpha value is -1.13. The molecule has 3 nitrogen and oxygen atoms in total. The number of nitrogens with two attached hydrogens (primary N) is 1. The molecule has 0 fully saturated rings. The molecule has 17 heavy (non-hydrogen) atoms. The van der Waals surface area contributed by atoms with Crippen molar-refractivity contribution in [3.8, 4) is 5.75 Å². The van der Waals surface area contributed by atoms with Gasteiger partial charge in [0.25, 0.3) is 0 Å². The highest BCUT2D eigenvalue weighted by molar-refractivity contribution is 5.30. The van der Waals surface area contributed by atoms with E-state index in [2.05, 4.69) is 0 Å². The van der Waals surface area contributed by atoms with Crippen LogP contribution in [0, 0.1) is 5.82 Å². The molecule has 1 aromatic carbocycles. The Morgan fingerprint density at radius 3 is 2.59 bits per heavy atom. The van der Waals surface area contributed by atoms with Crippen LogP contribution in [0.5, 0.6) is 5.75 Å². The van der Waals surface area contributed by atoms with E-state index in [1.54, 1.807) is 26.2 Å². The molecule has 1 atom stereocenters. The van der Waals surface area contributed by atoms with Crippen LogP contribution >= 0.6 is 0 Å². The van der Waals surface area contributed by atoms with Crippen LogP contribution in [0.4, 0.5) is 4.39 Å². The van der Waals surface area contributed by atoms with Crippen molar-refractivity contribution in [3.63, 3.8) is 0 Å². The van der Waals surface area contributed by atoms with Crippen LogP contribution in [0.2, 0.25) is 0 Å². The number of rotatable bonds is 7. The summed E-state index contributed by atoms with van der Waals surface area (Å²) in [7, 11) is 1.67. The Kier molecular flexibility index (Phi) is 5.94. The van der Waals surface area contributed by atoms with Crippen LogP contribution in [-0.2, 0) is 4.74 Å². The number of halogens is 1. The predicted octanol–water partition coefficient (Wildman–Crippen LogP) is 2.65. The van der Waals surface area contributed by atoms with Crippen LogP contribution in [0.15, 0.2) is 18.2 Å². The molecule has 0 aliphatic heterocycles. The summed E-state index contributed by atoms with van der Waals surface area (Å²) >= 11 is 0. The minimum atomic E-state index is -0.311. The molecule has 0 aliphatic rings. The van der Waals surface area contributed by atoms with Gasteiger partial charge in [-0.3, -0.25) is 0 Å². The van der Waals surface area contributed by atoms with Crippen LogP contribution in [0.3, 0.4) is 0 Å². The smallest absolute Gasteiger partial charge is 0.131 e. The highest BCUT2D eigenvalue weighted by Gasteiger charge is 2.07. The van der Waals surface area contributed by atoms with Gasteiger partial charge in [0.1, 0.15) is 11.6 Å². The number of hydrogen-bond donors (Lipinski definition) is 1.